The SMILES string of the molecule is CNc1ncc(S(=O)(=O)Nc2ccccc2Cl)cn1. The number of nitrogens with one attached hydrogen (secondary N) is 2. The summed E-state index contributed by atoms with van der Waals surface area (Å²) in [5.74, 6) is 0.344. The van der Waals surface area contributed by atoms with Crippen LogP contribution in [0.2, 0.25) is 5.02 Å². The molecule has 0 atom stereocenters. The molecule has 0 radical (unpaired) electrons. The Balaban J connectivity index is 2.30. The molecule has 0 saturated carbocycles. The average molecular weight is 299 g/mol. The van der Waals surface area contributed by atoms with Crippen molar-refractivity contribution in [1.29, 1.82) is 0 Å². The molecule has 0 aliphatic rings. The van der Waals surface area contributed by atoms with Crippen LogP contribution in [0.3, 0.4) is 0 Å². The summed E-state index contributed by atoms with van der Waals surface area (Å²) in [5, 5.41) is 3.02. The first-order chi connectivity index (χ1) is 9.03. The molecule has 0 fully saturated rings. The highest BCUT2D eigenvalue weighted by molar-refractivity contribution is 7.92. The minimum atomic E-state index is -3.75. The zero-order valence-electron chi connectivity index (χ0n) is 9.96. The van der Waals surface area contributed by atoms with Gasteiger partial charge in [-0.15, -0.1) is 0 Å². The van der Waals surface area contributed by atoms with Crippen molar-refractivity contribution in [3.8, 4) is 0 Å². The molecular weight excluding hydrogens is 288 g/mol. The van der Waals surface area contributed by atoms with Crippen molar-refractivity contribution in [2.24, 2.45) is 0 Å². The minimum Gasteiger partial charge on any atom is -0.357 e. The quantitative estimate of drug-likeness (QED) is 0.901. The molecule has 0 unspecified atom stereocenters. The first-order valence-corrected chi connectivity index (χ1v) is 7.16. The van der Waals surface area contributed by atoms with E-state index in [0.29, 0.717) is 16.7 Å². The van der Waals surface area contributed by atoms with Gasteiger partial charge in [-0.1, -0.05) is 23.7 Å². The second-order valence-corrected chi connectivity index (χ2v) is 5.67. The van der Waals surface area contributed by atoms with Crippen LogP contribution in [0, 0.1) is 0 Å². The molecule has 6 nitrogen and oxygen atoms in total. The molecule has 100 valence electrons. The molecule has 1 heterocycles. The zero-order chi connectivity index (χ0) is 13.9. The van der Waals surface area contributed by atoms with Gasteiger partial charge in [0.25, 0.3) is 10.0 Å². The van der Waals surface area contributed by atoms with Gasteiger partial charge >= 0.3 is 0 Å². The number of benzene rings is 1. The largest absolute Gasteiger partial charge is 0.357 e. The maximum atomic E-state index is 12.1. The first kappa shape index (κ1) is 13.6. The lowest BCUT2D eigenvalue weighted by Gasteiger charge is -2.09. The Bertz CT molecular complexity index is 673. The van der Waals surface area contributed by atoms with Gasteiger partial charge in [-0.3, -0.25) is 4.72 Å². The highest BCUT2D eigenvalue weighted by Gasteiger charge is 2.16. The standard InChI is InChI=1S/C11H11ClN4O2S/c1-13-11-14-6-8(7-15-11)19(17,18)16-10-5-3-2-4-9(10)12/h2-7,16H,1H3,(H,13,14,15). The summed E-state index contributed by atoms with van der Waals surface area (Å²) in [6.07, 6.45) is 2.44. The van der Waals surface area contributed by atoms with Crippen molar-refractivity contribution in [3.63, 3.8) is 0 Å². The number of nitrogens with zero attached hydrogens (tertiary/aromatic N) is 2. The second-order valence-electron chi connectivity index (χ2n) is 3.58. The topological polar surface area (TPSA) is 84.0 Å². The predicted octanol–water partition coefficient (Wildman–Crippen LogP) is 1.97. The van der Waals surface area contributed by atoms with Gasteiger partial charge < -0.3 is 5.32 Å². The van der Waals surface area contributed by atoms with Gasteiger partial charge in [0.15, 0.2) is 0 Å². The molecule has 8 heteroatoms. The predicted molar refractivity (Wildman–Crippen MR) is 73.8 cm³/mol. The summed E-state index contributed by atoms with van der Waals surface area (Å²) in [4.78, 5) is 7.67. The summed E-state index contributed by atoms with van der Waals surface area (Å²) in [7, 11) is -2.10. The van der Waals surface area contributed by atoms with E-state index in [1.165, 1.54) is 12.4 Å². The van der Waals surface area contributed by atoms with E-state index in [-0.39, 0.29) is 4.90 Å². The average Bonchev–Trinajstić information content (AvgIpc) is 2.41. The van der Waals surface area contributed by atoms with Crippen LogP contribution in [0.15, 0.2) is 41.6 Å². The maximum absolute atomic E-state index is 12.1. The number of aromatic nitrogens is 2. The highest BCUT2D eigenvalue weighted by Crippen LogP contribution is 2.23. The van der Waals surface area contributed by atoms with E-state index >= 15 is 0 Å². The molecule has 0 amide bonds. The molecule has 2 aromatic rings. The lowest BCUT2D eigenvalue weighted by Crippen LogP contribution is -2.14. The number of sulfonamides is 1. The van der Waals surface area contributed by atoms with Crippen LogP contribution in [0.5, 0.6) is 0 Å². The van der Waals surface area contributed by atoms with E-state index in [0.717, 1.165) is 0 Å². The van der Waals surface area contributed by atoms with Crippen LogP contribution in [-0.2, 0) is 10.0 Å². The van der Waals surface area contributed by atoms with Crippen LogP contribution in [0.25, 0.3) is 0 Å². The Kier molecular flexibility index (Phi) is 3.87. The fraction of sp³-hybridized carbons (Fsp3) is 0.0909. The normalized spacial score (nSPS) is 11.1. The second kappa shape index (κ2) is 5.41. The Morgan fingerprint density at radius 1 is 1.16 bits per heavy atom. The molecule has 2 rings (SSSR count). The number of hydrogen-bond acceptors (Lipinski definition) is 5. The van der Waals surface area contributed by atoms with Gasteiger partial charge in [0, 0.05) is 7.05 Å². The highest BCUT2D eigenvalue weighted by atomic mass is 35.5. The van der Waals surface area contributed by atoms with E-state index in [1.807, 2.05) is 0 Å². The zero-order valence-corrected chi connectivity index (χ0v) is 11.5. The Morgan fingerprint density at radius 3 is 2.37 bits per heavy atom. The van der Waals surface area contributed by atoms with Crippen molar-refractivity contribution in [1.82, 2.24) is 9.97 Å². The first-order valence-electron chi connectivity index (χ1n) is 5.30. The summed E-state index contributed by atoms with van der Waals surface area (Å²) < 4.78 is 26.5. The third-order valence-corrected chi connectivity index (χ3v) is 3.93. The van der Waals surface area contributed by atoms with Gasteiger partial charge in [-0.2, -0.15) is 0 Å². The third kappa shape index (κ3) is 3.12. The van der Waals surface area contributed by atoms with Crippen LogP contribution in [-0.4, -0.2) is 25.4 Å². The van der Waals surface area contributed by atoms with E-state index < -0.39 is 10.0 Å². The van der Waals surface area contributed by atoms with Gasteiger partial charge in [0.05, 0.1) is 23.1 Å². The third-order valence-electron chi connectivity index (χ3n) is 2.28. The van der Waals surface area contributed by atoms with Crippen molar-refractivity contribution >= 4 is 33.3 Å². The van der Waals surface area contributed by atoms with Crippen LogP contribution < -0.4 is 10.0 Å². The molecule has 0 bridgehead atoms. The number of hydrogen-bond donors (Lipinski definition) is 2. The molecule has 0 aliphatic carbocycles. The maximum Gasteiger partial charge on any atom is 0.265 e. The smallest absolute Gasteiger partial charge is 0.265 e. The van der Waals surface area contributed by atoms with Crippen LogP contribution in [0.1, 0.15) is 0 Å². The van der Waals surface area contributed by atoms with E-state index in [2.05, 4.69) is 20.0 Å². The van der Waals surface area contributed by atoms with Crippen molar-refractivity contribution in [2.75, 3.05) is 17.1 Å². The number of rotatable bonds is 4. The van der Waals surface area contributed by atoms with E-state index in [1.54, 1.807) is 31.3 Å². The summed E-state index contributed by atoms with van der Waals surface area (Å²) >= 11 is 5.90. The Morgan fingerprint density at radius 2 is 1.79 bits per heavy atom. The van der Waals surface area contributed by atoms with E-state index in [4.69, 9.17) is 11.6 Å². The number of halogens is 1. The Labute approximate surface area is 115 Å². The van der Waals surface area contributed by atoms with E-state index in [9.17, 15) is 8.42 Å². The molecular formula is C11H11ClN4O2S. The molecule has 19 heavy (non-hydrogen) atoms. The fourth-order valence-electron chi connectivity index (χ4n) is 1.33. The Hall–Kier alpha value is -1.86. The molecule has 1 aromatic carbocycles. The fourth-order valence-corrected chi connectivity index (χ4v) is 2.54. The molecule has 0 saturated heterocycles. The van der Waals surface area contributed by atoms with Gasteiger partial charge in [0.2, 0.25) is 5.95 Å². The number of anilines is 2. The summed E-state index contributed by atoms with van der Waals surface area (Å²) in [6.45, 7) is 0. The molecule has 0 spiro atoms. The molecule has 1 aromatic heterocycles. The summed E-state index contributed by atoms with van der Waals surface area (Å²) in [5.41, 5.74) is 0.307. The monoisotopic (exact) mass is 298 g/mol. The molecule has 0 aliphatic heterocycles. The van der Waals surface area contributed by atoms with Gasteiger partial charge in [-0.25, -0.2) is 18.4 Å². The van der Waals surface area contributed by atoms with Crippen molar-refractivity contribution < 1.29 is 8.42 Å². The lowest BCUT2D eigenvalue weighted by molar-refractivity contribution is 0.600. The van der Waals surface area contributed by atoms with Crippen LogP contribution >= 0.6 is 11.6 Å². The molecule has 2 N–H and O–H groups in total. The lowest BCUT2D eigenvalue weighted by atomic mass is 10.3. The number of para-hydroxylation sites is 1. The summed E-state index contributed by atoms with van der Waals surface area (Å²) in [6, 6.07) is 6.57. The van der Waals surface area contributed by atoms with Crippen molar-refractivity contribution in [2.45, 2.75) is 4.90 Å². The van der Waals surface area contributed by atoms with Crippen molar-refractivity contribution in [3.05, 3.63) is 41.7 Å². The minimum absolute atomic E-state index is 0.0357. The van der Waals surface area contributed by atoms with Gasteiger partial charge in [-0.05, 0) is 12.1 Å². The van der Waals surface area contributed by atoms with Gasteiger partial charge in [0.1, 0.15) is 4.90 Å². The van der Waals surface area contributed by atoms with Crippen LogP contribution in [0.4, 0.5) is 11.6 Å².